The summed E-state index contributed by atoms with van der Waals surface area (Å²) in [5, 5.41) is 0. The lowest BCUT2D eigenvalue weighted by atomic mass is 10.1. The van der Waals surface area contributed by atoms with Gasteiger partial charge in [-0.15, -0.1) is 0 Å². The Labute approximate surface area is 70.1 Å². The summed E-state index contributed by atoms with van der Waals surface area (Å²) in [6.45, 7) is 0.928. The number of rotatable bonds is 2. The van der Waals surface area contributed by atoms with Crippen LogP contribution in [-0.2, 0) is 0 Å². The average Bonchev–Trinajstić information content (AvgIpc) is 2.07. The summed E-state index contributed by atoms with van der Waals surface area (Å²) in [5.74, 6) is 0.292. The Bertz CT molecular complexity index is 289. The highest BCUT2D eigenvalue weighted by molar-refractivity contribution is 5.73. The summed E-state index contributed by atoms with van der Waals surface area (Å²) in [5.41, 5.74) is 12.7. The predicted molar refractivity (Wildman–Crippen MR) is 46.6 cm³/mol. The first-order valence-corrected chi connectivity index (χ1v) is 3.50. The van der Waals surface area contributed by atoms with E-state index >= 15 is 0 Å². The third-order valence-electron chi connectivity index (χ3n) is 1.68. The van der Waals surface area contributed by atoms with Crippen molar-refractivity contribution in [2.75, 3.05) is 18.3 Å². The van der Waals surface area contributed by atoms with Gasteiger partial charge in [0.1, 0.15) is 5.75 Å². The quantitative estimate of drug-likeness (QED) is 0.660. The van der Waals surface area contributed by atoms with E-state index in [0.29, 0.717) is 17.1 Å². The number of alkyl halides is 1. The van der Waals surface area contributed by atoms with Crippen molar-refractivity contribution < 1.29 is 9.13 Å². The molecular weight excluding hydrogens is 159 g/mol. The zero-order valence-corrected chi connectivity index (χ0v) is 6.80. The molecule has 0 radical (unpaired) electrons. The predicted octanol–water partition coefficient (Wildman–Crippen LogP) is 1.47. The van der Waals surface area contributed by atoms with Crippen LogP contribution in [0.15, 0.2) is 12.1 Å². The molecule has 0 amide bonds. The second-order valence-corrected chi connectivity index (χ2v) is 2.46. The molecule has 1 aromatic rings. The van der Waals surface area contributed by atoms with Crippen LogP contribution in [0.5, 0.6) is 5.75 Å². The van der Waals surface area contributed by atoms with E-state index in [2.05, 4.69) is 4.74 Å². The van der Waals surface area contributed by atoms with Crippen molar-refractivity contribution in [1.29, 1.82) is 0 Å². The van der Waals surface area contributed by atoms with Crippen LogP contribution in [0.25, 0.3) is 0 Å². The van der Waals surface area contributed by atoms with E-state index in [1.165, 1.54) is 0 Å². The van der Waals surface area contributed by atoms with Crippen LogP contribution >= 0.6 is 0 Å². The van der Waals surface area contributed by atoms with E-state index in [1.54, 1.807) is 12.1 Å². The van der Waals surface area contributed by atoms with Gasteiger partial charge < -0.3 is 16.2 Å². The first-order chi connectivity index (χ1) is 5.66. The molecule has 0 unspecified atom stereocenters. The first-order valence-electron chi connectivity index (χ1n) is 3.50. The number of nitrogen functional groups attached to an aromatic ring is 2. The molecule has 4 N–H and O–H groups in total. The molecule has 0 bridgehead atoms. The third-order valence-corrected chi connectivity index (χ3v) is 1.68. The van der Waals surface area contributed by atoms with Gasteiger partial charge in [0.15, 0.2) is 0 Å². The van der Waals surface area contributed by atoms with Crippen LogP contribution < -0.4 is 16.2 Å². The van der Waals surface area contributed by atoms with Crippen LogP contribution in [-0.4, -0.2) is 6.86 Å². The lowest BCUT2D eigenvalue weighted by Gasteiger charge is -2.09. The number of hydrogen-bond donors (Lipinski definition) is 2. The Kier molecular flexibility index (Phi) is 2.38. The molecule has 0 aliphatic heterocycles. The molecule has 4 heteroatoms. The molecule has 0 spiro atoms. The zero-order chi connectivity index (χ0) is 9.14. The highest BCUT2D eigenvalue weighted by Gasteiger charge is 2.05. The summed E-state index contributed by atoms with van der Waals surface area (Å²) < 4.78 is 16.4. The topological polar surface area (TPSA) is 61.3 Å². The van der Waals surface area contributed by atoms with Gasteiger partial charge in [-0.05, 0) is 18.6 Å². The highest BCUT2D eigenvalue weighted by atomic mass is 19.1. The van der Waals surface area contributed by atoms with Gasteiger partial charge in [0.25, 0.3) is 0 Å². The Morgan fingerprint density at radius 1 is 1.33 bits per heavy atom. The van der Waals surface area contributed by atoms with Crippen LogP contribution in [0.4, 0.5) is 15.8 Å². The summed E-state index contributed by atoms with van der Waals surface area (Å²) in [4.78, 5) is 0. The number of benzene rings is 1. The second-order valence-electron chi connectivity index (χ2n) is 2.46. The molecular formula is C8H11FN2O. The fourth-order valence-corrected chi connectivity index (χ4v) is 0.910. The van der Waals surface area contributed by atoms with Gasteiger partial charge >= 0.3 is 0 Å². The van der Waals surface area contributed by atoms with Gasteiger partial charge in [-0.1, -0.05) is 6.07 Å². The van der Waals surface area contributed by atoms with Crippen molar-refractivity contribution in [3.63, 3.8) is 0 Å². The van der Waals surface area contributed by atoms with Crippen molar-refractivity contribution in [1.82, 2.24) is 0 Å². The van der Waals surface area contributed by atoms with Crippen molar-refractivity contribution in [2.45, 2.75) is 6.92 Å². The van der Waals surface area contributed by atoms with Gasteiger partial charge in [0.05, 0.1) is 11.4 Å². The fourth-order valence-electron chi connectivity index (χ4n) is 0.910. The van der Waals surface area contributed by atoms with E-state index in [-0.39, 0.29) is 0 Å². The smallest absolute Gasteiger partial charge is 0.228 e. The minimum atomic E-state index is -0.896. The van der Waals surface area contributed by atoms with Gasteiger partial charge in [-0.25, -0.2) is 4.39 Å². The maximum atomic E-state index is 11.8. The summed E-state index contributed by atoms with van der Waals surface area (Å²) in [7, 11) is 0. The second kappa shape index (κ2) is 3.30. The molecule has 0 aliphatic rings. The first kappa shape index (κ1) is 8.64. The summed E-state index contributed by atoms with van der Waals surface area (Å²) in [6, 6.07) is 3.33. The maximum Gasteiger partial charge on any atom is 0.228 e. The number of ether oxygens (including phenoxy) is 1. The number of anilines is 2. The molecule has 66 valence electrons. The van der Waals surface area contributed by atoms with Crippen LogP contribution in [0.3, 0.4) is 0 Å². The average molecular weight is 170 g/mol. The number of aryl methyl sites for hydroxylation is 1. The molecule has 0 saturated carbocycles. The van der Waals surface area contributed by atoms with E-state index in [9.17, 15) is 4.39 Å². The standard InChI is InChI=1S/C8H11FN2O/c1-5-2-3-6(12-4-9)8(11)7(5)10/h2-3H,4,10-11H2,1H3. The van der Waals surface area contributed by atoms with Crippen molar-refractivity contribution in [3.05, 3.63) is 17.7 Å². The van der Waals surface area contributed by atoms with E-state index in [4.69, 9.17) is 11.5 Å². The molecule has 0 heterocycles. The Hall–Kier alpha value is -1.45. The maximum absolute atomic E-state index is 11.8. The molecule has 0 aromatic heterocycles. The third kappa shape index (κ3) is 1.42. The van der Waals surface area contributed by atoms with Crippen molar-refractivity contribution in [2.24, 2.45) is 0 Å². The molecule has 12 heavy (non-hydrogen) atoms. The van der Waals surface area contributed by atoms with Crippen LogP contribution in [0.2, 0.25) is 0 Å². The van der Waals surface area contributed by atoms with E-state index in [0.717, 1.165) is 5.56 Å². The molecule has 0 fully saturated rings. The minimum Gasteiger partial charge on any atom is -0.461 e. The zero-order valence-electron chi connectivity index (χ0n) is 6.80. The van der Waals surface area contributed by atoms with Crippen LogP contribution in [0.1, 0.15) is 5.56 Å². The molecule has 1 rings (SSSR count). The largest absolute Gasteiger partial charge is 0.461 e. The number of hydrogen-bond acceptors (Lipinski definition) is 3. The lowest BCUT2D eigenvalue weighted by Crippen LogP contribution is -2.01. The van der Waals surface area contributed by atoms with Gasteiger partial charge in [0.2, 0.25) is 6.86 Å². The molecule has 0 atom stereocenters. The highest BCUT2D eigenvalue weighted by Crippen LogP contribution is 2.29. The van der Waals surface area contributed by atoms with Gasteiger partial charge in [-0.2, -0.15) is 0 Å². The number of halogens is 1. The Morgan fingerprint density at radius 3 is 2.58 bits per heavy atom. The normalized spacial score (nSPS) is 9.83. The Balaban J connectivity index is 3.08. The monoisotopic (exact) mass is 170 g/mol. The summed E-state index contributed by atoms with van der Waals surface area (Å²) >= 11 is 0. The summed E-state index contributed by atoms with van der Waals surface area (Å²) in [6.07, 6.45) is 0. The molecule has 1 aromatic carbocycles. The van der Waals surface area contributed by atoms with E-state index < -0.39 is 6.86 Å². The molecule has 0 aliphatic carbocycles. The lowest BCUT2D eigenvalue weighted by molar-refractivity contribution is 0.193. The van der Waals surface area contributed by atoms with Crippen LogP contribution in [0, 0.1) is 6.92 Å². The van der Waals surface area contributed by atoms with E-state index in [1.807, 2.05) is 6.92 Å². The van der Waals surface area contributed by atoms with Gasteiger partial charge in [-0.3, -0.25) is 0 Å². The molecule has 0 saturated heterocycles. The number of nitrogens with two attached hydrogens (primary N) is 2. The fraction of sp³-hybridized carbons (Fsp3) is 0.250. The molecule has 3 nitrogen and oxygen atoms in total. The minimum absolute atomic E-state index is 0.292. The Morgan fingerprint density at radius 2 is 2.00 bits per heavy atom. The van der Waals surface area contributed by atoms with Crippen molar-refractivity contribution >= 4 is 11.4 Å². The SMILES string of the molecule is Cc1ccc(OCF)c(N)c1N. The van der Waals surface area contributed by atoms with Crippen molar-refractivity contribution in [3.8, 4) is 5.75 Å². The van der Waals surface area contributed by atoms with Gasteiger partial charge in [0, 0.05) is 0 Å².